The molecule has 0 bridgehead atoms. The van der Waals surface area contributed by atoms with E-state index >= 15 is 0 Å². The van der Waals surface area contributed by atoms with Gasteiger partial charge in [-0.3, -0.25) is 0 Å². The Bertz CT molecular complexity index is 522. The first-order valence-electron chi connectivity index (χ1n) is 5.24. The van der Waals surface area contributed by atoms with E-state index in [9.17, 15) is 0 Å². The average molecular weight is 241 g/mol. The summed E-state index contributed by atoms with van der Waals surface area (Å²) in [6, 6.07) is 12.7. The molecule has 0 amide bonds. The summed E-state index contributed by atoms with van der Waals surface area (Å²) in [5, 5.41) is 8.03. The van der Waals surface area contributed by atoms with Crippen molar-refractivity contribution in [2.24, 2.45) is 10.2 Å². The van der Waals surface area contributed by atoms with Crippen molar-refractivity contribution in [3.8, 4) is 0 Å². The van der Waals surface area contributed by atoms with E-state index in [0.717, 1.165) is 5.69 Å². The predicted octanol–water partition coefficient (Wildman–Crippen LogP) is 3.46. The molecule has 0 aliphatic carbocycles. The van der Waals surface area contributed by atoms with Gasteiger partial charge < -0.3 is 11.5 Å². The molecule has 0 atom stereocenters. The van der Waals surface area contributed by atoms with Gasteiger partial charge in [0.2, 0.25) is 0 Å². The average Bonchev–Trinajstić information content (AvgIpc) is 2.41. The summed E-state index contributed by atoms with van der Waals surface area (Å²) in [7, 11) is 0. The van der Waals surface area contributed by atoms with Crippen molar-refractivity contribution in [1.29, 1.82) is 0 Å². The number of rotatable bonds is 2. The SMILES string of the molecule is C=C.Nc1ccc(/N=N/c2ccccc2)c(N)n1. The van der Waals surface area contributed by atoms with Crippen LogP contribution in [0.2, 0.25) is 0 Å². The van der Waals surface area contributed by atoms with E-state index in [4.69, 9.17) is 11.5 Å². The molecule has 1 heterocycles. The highest BCUT2D eigenvalue weighted by Gasteiger charge is 1.98. The molecule has 18 heavy (non-hydrogen) atoms. The van der Waals surface area contributed by atoms with Crippen LogP contribution >= 0.6 is 0 Å². The fraction of sp³-hybridized carbons (Fsp3) is 0. The molecule has 0 saturated heterocycles. The molecular weight excluding hydrogens is 226 g/mol. The summed E-state index contributed by atoms with van der Waals surface area (Å²) < 4.78 is 0. The van der Waals surface area contributed by atoms with Gasteiger partial charge in [-0.25, -0.2) is 4.98 Å². The zero-order valence-electron chi connectivity index (χ0n) is 9.95. The number of nitrogens with zero attached hydrogens (tertiary/aromatic N) is 3. The maximum absolute atomic E-state index is 5.64. The van der Waals surface area contributed by atoms with Crippen LogP contribution in [-0.4, -0.2) is 4.98 Å². The molecule has 92 valence electrons. The quantitative estimate of drug-likeness (QED) is 0.623. The molecule has 0 aliphatic heterocycles. The Balaban J connectivity index is 0.000000771. The fourth-order valence-corrected chi connectivity index (χ4v) is 1.17. The first-order chi connectivity index (χ1) is 8.75. The second-order valence-electron chi connectivity index (χ2n) is 3.18. The van der Waals surface area contributed by atoms with Gasteiger partial charge in [0, 0.05) is 0 Å². The number of aromatic nitrogens is 1. The maximum Gasteiger partial charge on any atom is 0.153 e. The minimum Gasteiger partial charge on any atom is -0.384 e. The van der Waals surface area contributed by atoms with Crippen LogP contribution in [0.1, 0.15) is 0 Å². The van der Waals surface area contributed by atoms with Gasteiger partial charge in [-0.2, -0.15) is 5.11 Å². The lowest BCUT2D eigenvalue weighted by Gasteiger charge is -1.98. The fourth-order valence-electron chi connectivity index (χ4n) is 1.17. The summed E-state index contributed by atoms with van der Waals surface area (Å²) in [5.41, 5.74) is 12.4. The van der Waals surface area contributed by atoms with Crippen LogP contribution in [0.25, 0.3) is 0 Å². The van der Waals surface area contributed by atoms with Crippen molar-refractivity contribution in [1.82, 2.24) is 4.98 Å². The van der Waals surface area contributed by atoms with E-state index in [1.807, 2.05) is 30.3 Å². The molecule has 1 aromatic heterocycles. The summed E-state index contributed by atoms with van der Waals surface area (Å²) in [6.07, 6.45) is 0. The highest BCUT2D eigenvalue weighted by Crippen LogP contribution is 2.23. The van der Waals surface area contributed by atoms with Gasteiger partial charge in [-0.05, 0) is 24.3 Å². The zero-order valence-corrected chi connectivity index (χ0v) is 9.95. The molecule has 0 fully saturated rings. The van der Waals surface area contributed by atoms with Gasteiger partial charge in [0.25, 0.3) is 0 Å². The van der Waals surface area contributed by atoms with E-state index in [2.05, 4.69) is 28.4 Å². The molecule has 2 aromatic rings. The van der Waals surface area contributed by atoms with Gasteiger partial charge in [0.1, 0.15) is 11.5 Å². The van der Waals surface area contributed by atoms with E-state index in [-0.39, 0.29) is 5.82 Å². The van der Waals surface area contributed by atoms with Crippen LogP contribution in [0.5, 0.6) is 0 Å². The smallest absolute Gasteiger partial charge is 0.153 e. The predicted molar refractivity (Wildman–Crippen MR) is 74.9 cm³/mol. The van der Waals surface area contributed by atoms with Crippen molar-refractivity contribution in [2.75, 3.05) is 11.5 Å². The van der Waals surface area contributed by atoms with Crippen molar-refractivity contribution in [3.63, 3.8) is 0 Å². The largest absolute Gasteiger partial charge is 0.384 e. The molecule has 4 N–H and O–H groups in total. The number of nitrogens with two attached hydrogens (primary N) is 2. The summed E-state index contributed by atoms with van der Waals surface area (Å²) in [4.78, 5) is 3.89. The Labute approximate surface area is 106 Å². The third kappa shape index (κ3) is 3.71. The number of hydrogen-bond donors (Lipinski definition) is 2. The van der Waals surface area contributed by atoms with Crippen LogP contribution < -0.4 is 11.5 Å². The third-order valence-corrected chi connectivity index (χ3v) is 1.95. The van der Waals surface area contributed by atoms with Gasteiger partial charge in [0.05, 0.1) is 5.69 Å². The van der Waals surface area contributed by atoms with E-state index in [0.29, 0.717) is 11.5 Å². The van der Waals surface area contributed by atoms with E-state index < -0.39 is 0 Å². The molecule has 0 saturated carbocycles. The Kier molecular flexibility index (Phi) is 5.05. The molecule has 0 spiro atoms. The first-order valence-corrected chi connectivity index (χ1v) is 5.24. The highest BCUT2D eigenvalue weighted by molar-refractivity contribution is 5.60. The summed E-state index contributed by atoms with van der Waals surface area (Å²) >= 11 is 0. The molecule has 0 radical (unpaired) electrons. The number of hydrogen-bond acceptors (Lipinski definition) is 5. The zero-order chi connectivity index (χ0) is 13.4. The lowest BCUT2D eigenvalue weighted by Crippen LogP contribution is -1.95. The molecule has 2 rings (SSSR count). The monoisotopic (exact) mass is 241 g/mol. The minimum absolute atomic E-state index is 0.277. The second kappa shape index (κ2) is 6.80. The number of azo groups is 1. The van der Waals surface area contributed by atoms with Crippen molar-refractivity contribution in [3.05, 3.63) is 55.6 Å². The molecule has 5 nitrogen and oxygen atoms in total. The molecule has 5 heteroatoms. The summed E-state index contributed by atoms with van der Waals surface area (Å²) in [6.45, 7) is 6.00. The number of benzene rings is 1. The molecule has 1 aromatic carbocycles. The van der Waals surface area contributed by atoms with E-state index in [1.54, 1.807) is 12.1 Å². The lowest BCUT2D eigenvalue weighted by atomic mass is 10.3. The van der Waals surface area contributed by atoms with E-state index in [1.165, 1.54) is 0 Å². The normalized spacial score (nSPS) is 9.78. The Morgan fingerprint density at radius 3 is 2.17 bits per heavy atom. The minimum atomic E-state index is 0.277. The van der Waals surface area contributed by atoms with Gasteiger partial charge in [-0.1, -0.05) is 18.2 Å². The standard InChI is InChI=1S/C11H11N5.C2H4/c12-10-7-6-9(11(13)14-10)16-15-8-4-2-1-3-5-8;1-2/h1-7H,(H4,12,13,14);1-2H2/b16-15+;. The van der Waals surface area contributed by atoms with Crippen LogP contribution in [0.4, 0.5) is 23.0 Å². The van der Waals surface area contributed by atoms with Crippen LogP contribution in [0.15, 0.2) is 65.9 Å². The number of anilines is 2. The highest BCUT2D eigenvalue weighted by atomic mass is 15.1. The van der Waals surface area contributed by atoms with Crippen LogP contribution in [0.3, 0.4) is 0 Å². The third-order valence-electron chi connectivity index (χ3n) is 1.95. The van der Waals surface area contributed by atoms with Gasteiger partial charge in [-0.15, -0.1) is 18.3 Å². The van der Waals surface area contributed by atoms with Gasteiger partial charge in [0.15, 0.2) is 5.82 Å². The maximum atomic E-state index is 5.64. The number of nitrogen functional groups attached to an aromatic ring is 2. The Hall–Kier alpha value is -2.69. The summed E-state index contributed by atoms with van der Waals surface area (Å²) in [5.74, 6) is 0.649. The number of pyridine rings is 1. The lowest BCUT2D eigenvalue weighted by molar-refractivity contribution is 1.21. The molecular formula is C13H15N5. The second-order valence-corrected chi connectivity index (χ2v) is 3.18. The molecule has 0 unspecified atom stereocenters. The first kappa shape index (κ1) is 13.4. The van der Waals surface area contributed by atoms with Crippen molar-refractivity contribution in [2.45, 2.75) is 0 Å². The van der Waals surface area contributed by atoms with Crippen molar-refractivity contribution >= 4 is 23.0 Å². The van der Waals surface area contributed by atoms with Crippen LogP contribution in [0, 0.1) is 0 Å². The van der Waals surface area contributed by atoms with Crippen LogP contribution in [-0.2, 0) is 0 Å². The Morgan fingerprint density at radius 1 is 0.889 bits per heavy atom. The molecule has 0 aliphatic rings. The Morgan fingerprint density at radius 2 is 1.56 bits per heavy atom. The van der Waals surface area contributed by atoms with Gasteiger partial charge >= 0.3 is 0 Å². The topological polar surface area (TPSA) is 89.6 Å². The van der Waals surface area contributed by atoms with Crippen molar-refractivity contribution < 1.29 is 0 Å².